The highest BCUT2D eigenvalue weighted by Crippen LogP contribution is 2.16. The van der Waals surface area contributed by atoms with Crippen LogP contribution in [0.15, 0.2) is 14.7 Å². The monoisotopic (exact) mass is 198 g/mol. The van der Waals surface area contributed by atoms with Crippen molar-refractivity contribution in [2.24, 2.45) is 5.73 Å². The molecule has 13 heavy (non-hydrogen) atoms. The maximum atomic E-state index is 10.6. The molecule has 7 heteroatoms. The van der Waals surface area contributed by atoms with Gasteiger partial charge in [0.25, 0.3) is 0 Å². The third kappa shape index (κ3) is 1.51. The molecule has 0 aromatic carbocycles. The lowest BCUT2D eigenvalue weighted by molar-refractivity contribution is 0.388. The highest BCUT2D eigenvalue weighted by molar-refractivity contribution is 7.09. The summed E-state index contributed by atoms with van der Waals surface area (Å²) >= 11 is 1.41. The average Bonchev–Trinajstić information content (AvgIpc) is 2.71. The number of nitrogens with zero attached hydrogens (tertiary/aromatic N) is 2. The van der Waals surface area contributed by atoms with Crippen molar-refractivity contribution in [3.05, 3.63) is 20.9 Å². The van der Waals surface area contributed by atoms with Gasteiger partial charge >= 0.3 is 5.76 Å². The second-order valence-electron chi connectivity index (χ2n) is 2.27. The standard InChI is InChI=1S/C6H6N4O2S/c7-1-4-8-3(2-13-4)5-9-6(11)12-10-5/h2H,1,7H2,(H,9,10,11). The van der Waals surface area contributed by atoms with Gasteiger partial charge in [0.15, 0.2) is 0 Å². The predicted molar refractivity (Wildman–Crippen MR) is 46.1 cm³/mol. The average molecular weight is 198 g/mol. The first-order valence-corrected chi connectivity index (χ1v) is 4.38. The number of aromatic nitrogens is 3. The minimum absolute atomic E-state index is 0.334. The summed E-state index contributed by atoms with van der Waals surface area (Å²) in [7, 11) is 0. The Bertz CT molecular complexity index is 457. The number of rotatable bonds is 2. The van der Waals surface area contributed by atoms with Crippen LogP contribution in [0.5, 0.6) is 0 Å². The Morgan fingerprint density at radius 3 is 3.08 bits per heavy atom. The summed E-state index contributed by atoms with van der Waals surface area (Å²) in [4.78, 5) is 17.1. The van der Waals surface area contributed by atoms with E-state index < -0.39 is 5.76 Å². The van der Waals surface area contributed by atoms with E-state index in [2.05, 4.69) is 19.6 Å². The summed E-state index contributed by atoms with van der Waals surface area (Å²) in [6.07, 6.45) is 0. The summed E-state index contributed by atoms with van der Waals surface area (Å²) in [5.41, 5.74) is 5.96. The van der Waals surface area contributed by atoms with Gasteiger partial charge < -0.3 is 5.73 Å². The molecule has 0 bridgehead atoms. The van der Waals surface area contributed by atoms with Gasteiger partial charge in [0.1, 0.15) is 10.7 Å². The predicted octanol–water partition coefficient (Wildman–Crippen LogP) is -0.0549. The topological polar surface area (TPSA) is 97.8 Å². The molecular weight excluding hydrogens is 192 g/mol. The van der Waals surface area contributed by atoms with Gasteiger partial charge in [-0.25, -0.2) is 9.78 Å². The quantitative estimate of drug-likeness (QED) is 0.704. The molecule has 0 atom stereocenters. The van der Waals surface area contributed by atoms with Crippen LogP contribution >= 0.6 is 11.3 Å². The van der Waals surface area contributed by atoms with Crippen molar-refractivity contribution in [2.75, 3.05) is 0 Å². The van der Waals surface area contributed by atoms with Gasteiger partial charge in [-0.05, 0) is 0 Å². The molecule has 0 unspecified atom stereocenters. The van der Waals surface area contributed by atoms with Crippen molar-refractivity contribution in [3.8, 4) is 11.5 Å². The summed E-state index contributed by atoms with van der Waals surface area (Å²) in [6.45, 7) is 0.382. The number of nitrogens with two attached hydrogens (primary N) is 1. The molecule has 2 aromatic rings. The van der Waals surface area contributed by atoms with Crippen LogP contribution in [-0.4, -0.2) is 15.1 Å². The normalized spacial score (nSPS) is 10.5. The minimum atomic E-state index is -0.586. The number of aromatic amines is 1. The van der Waals surface area contributed by atoms with E-state index in [1.54, 1.807) is 5.38 Å². The molecule has 0 radical (unpaired) electrons. The summed E-state index contributed by atoms with van der Waals surface area (Å²) in [5, 5.41) is 6.04. The molecule has 68 valence electrons. The highest BCUT2D eigenvalue weighted by atomic mass is 32.1. The minimum Gasteiger partial charge on any atom is -0.325 e. The van der Waals surface area contributed by atoms with Crippen molar-refractivity contribution in [1.82, 2.24) is 15.1 Å². The molecule has 2 heterocycles. The zero-order valence-corrected chi connectivity index (χ0v) is 7.30. The van der Waals surface area contributed by atoms with E-state index in [0.717, 1.165) is 5.01 Å². The van der Waals surface area contributed by atoms with E-state index >= 15 is 0 Å². The Hall–Kier alpha value is -1.47. The van der Waals surface area contributed by atoms with Gasteiger partial charge in [0.2, 0.25) is 5.82 Å². The Morgan fingerprint density at radius 2 is 2.54 bits per heavy atom. The molecule has 2 aromatic heterocycles. The molecule has 0 saturated heterocycles. The summed E-state index contributed by atoms with van der Waals surface area (Å²) in [6, 6.07) is 0. The molecule has 0 saturated carbocycles. The van der Waals surface area contributed by atoms with Crippen LogP contribution in [0.25, 0.3) is 11.5 Å². The van der Waals surface area contributed by atoms with Gasteiger partial charge in [-0.2, -0.15) is 0 Å². The van der Waals surface area contributed by atoms with Crippen molar-refractivity contribution >= 4 is 11.3 Å². The molecule has 0 fully saturated rings. The lowest BCUT2D eigenvalue weighted by atomic mass is 10.5. The Kier molecular flexibility index (Phi) is 1.95. The van der Waals surface area contributed by atoms with Crippen LogP contribution in [0, 0.1) is 0 Å². The summed E-state index contributed by atoms with van der Waals surface area (Å²) in [5.74, 6) is -0.252. The number of hydrogen-bond acceptors (Lipinski definition) is 6. The fourth-order valence-corrected chi connectivity index (χ4v) is 1.51. The maximum absolute atomic E-state index is 10.6. The largest absolute Gasteiger partial charge is 0.439 e. The van der Waals surface area contributed by atoms with E-state index in [1.165, 1.54) is 11.3 Å². The second kappa shape index (κ2) is 3.11. The van der Waals surface area contributed by atoms with Crippen LogP contribution in [0.4, 0.5) is 0 Å². The zero-order valence-electron chi connectivity index (χ0n) is 6.48. The van der Waals surface area contributed by atoms with Crippen molar-refractivity contribution in [2.45, 2.75) is 6.54 Å². The lowest BCUT2D eigenvalue weighted by Gasteiger charge is -1.84. The number of hydrogen-bond donors (Lipinski definition) is 2. The molecule has 0 amide bonds. The smallest absolute Gasteiger partial charge is 0.325 e. The Balaban J connectivity index is 2.40. The van der Waals surface area contributed by atoms with E-state index in [-0.39, 0.29) is 0 Å². The molecule has 0 aliphatic rings. The van der Waals surface area contributed by atoms with Crippen LogP contribution in [0.2, 0.25) is 0 Å². The lowest BCUT2D eigenvalue weighted by Crippen LogP contribution is -1.96. The Labute approximate surface area is 76.4 Å². The first kappa shape index (κ1) is 8.14. The molecule has 0 aliphatic heterocycles. The first-order chi connectivity index (χ1) is 6.29. The van der Waals surface area contributed by atoms with Crippen LogP contribution < -0.4 is 11.5 Å². The van der Waals surface area contributed by atoms with Gasteiger partial charge in [0, 0.05) is 11.9 Å². The molecule has 6 nitrogen and oxygen atoms in total. The molecule has 2 rings (SSSR count). The maximum Gasteiger partial charge on any atom is 0.439 e. The van der Waals surface area contributed by atoms with Crippen molar-refractivity contribution in [3.63, 3.8) is 0 Å². The summed E-state index contributed by atoms with van der Waals surface area (Å²) < 4.78 is 4.33. The van der Waals surface area contributed by atoms with Crippen molar-refractivity contribution in [1.29, 1.82) is 0 Å². The van der Waals surface area contributed by atoms with Gasteiger partial charge in [-0.15, -0.1) is 11.3 Å². The van der Waals surface area contributed by atoms with E-state index in [9.17, 15) is 4.79 Å². The van der Waals surface area contributed by atoms with E-state index in [4.69, 9.17) is 5.73 Å². The third-order valence-electron chi connectivity index (χ3n) is 1.41. The molecule has 3 N–H and O–H groups in total. The van der Waals surface area contributed by atoms with E-state index in [1.807, 2.05) is 0 Å². The van der Waals surface area contributed by atoms with E-state index in [0.29, 0.717) is 18.1 Å². The second-order valence-corrected chi connectivity index (χ2v) is 3.22. The Morgan fingerprint density at radius 1 is 1.69 bits per heavy atom. The fourth-order valence-electron chi connectivity index (χ4n) is 0.854. The van der Waals surface area contributed by atoms with Crippen LogP contribution in [-0.2, 0) is 6.54 Å². The van der Waals surface area contributed by atoms with Crippen LogP contribution in [0.1, 0.15) is 5.01 Å². The SMILES string of the molecule is NCc1nc(-c2noc(=O)[nH]2)cs1. The molecular formula is C6H6N4O2S. The van der Waals surface area contributed by atoms with Gasteiger partial charge in [0.05, 0.1) is 0 Å². The first-order valence-electron chi connectivity index (χ1n) is 3.50. The van der Waals surface area contributed by atoms with Gasteiger partial charge in [-0.1, -0.05) is 5.16 Å². The number of thiazole rings is 1. The molecule has 0 spiro atoms. The molecule has 0 aliphatic carbocycles. The zero-order chi connectivity index (χ0) is 9.26. The number of H-pyrrole nitrogens is 1. The third-order valence-corrected chi connectivity index (χ3v) is 2.28. The van der Waals surface area contributed by atoms with Crippen molar-refractivity contribution < 1.29 is 4.52 Å². The van der Waals surface area contributed by atoms with Gasteiger partial charge in [-0.3, -0.25) is 9.51 Å². The highest BCUT2D eigenvalue weighted by Gasteiger charge is 2.07. The number of nitrogens with one attached hydrogen (secondary N) is 1. The fraction of sp³-hybridized carbons (Fsp3) is 0.167. The van der Waals surface area contributed by atoms with Crippen LogP contribution in [0.3, 0.4) is 0 Å².